The van der Waals surface area contributed by atoms with E-state index < -0.39 is 17.3 Å². The molecule has 0 saturated carbocycles. The summed E-state index contributed by atoms with van der Waals surface area (Å²) in [5, 5.41) is 8.70. The fourth-order valence-corrected chi connectivity index (χ4v) is 0.759. The standard InChI is InChI=1S/C9H13NO2/c1-5-9(2,3)7(6-10)8(11)12-4/h5,7H,1H2,2-4H3. The van der Waals surface area contributed by atoms with E-state index in [1.165, 1.54) is 7.11 Å². The van der Waals surface area contributed by atoms with Crippen molar-refractivity contribution in [1.82, 2.24) is 0 Å². The van der Waals surface area contributed by atoms with Crippen LogP contribution in [-0.2, 0) is 9.53 Å². The Labute approximate surface area is 72.6 Å². The first-order valence-corrected chi connectivity index (χ1v) is 3.60. The minimum Gasteiger partial charge on any atom is -0.468 e. The number of allylic oxidation sites excluding steroid dienone is 1. The van der Waals surface area contributed by atoms with Crippen LogP contribution in [0.2, 0.25) is 0 Å². The van der Waals surface area contributed by atoms with Gasteiger partial charge in [0, 0.05) is 5.41 Å². The Bertz CT molecular complexity index is 225. The predicted molar refractivity (Wildman–Crippen MR) is 45.1 cm³/mol. The summed E-state index contributed by atoms with van der Waals surface area (Å²) in [5.74, 6) is -1.29. The maximum Gasteiger partial charge on any atom is 0.323 e. The zero-order chi connectivity index (χ0) is 9.78. The van der Waals surface area contributed by atoms with Gasteiger partial charge in [-0.25, -0.2) is 0 Å². The van der Waals surface area contributed by atoms with Crippen LogP contribution in [0.3, 0.4) is 0 Å². The van der Waals surface area contributed by atoms with Gasteiger partial charge < -0.3 is 4.74 Å². The molecule has 0 spiro atoms. The van der Waals surface area contributed by atoms with Crippen molar-refractivity contribution in [3.8, 4) is 6.07 Å². The van der Waals surface area contributed by atoms with Crippen LogP contribution in [-0.4, -0.2) is 13.1 Å². The van der Waals surface area contributed by atoms with E-state index in [0.29, 0.717) is 0 Å². The Morgan fingerprint density at radius 1 is 1.75 bits per heavy atom. The minimum atomic E-state index is -0.778. The number of hydrogen-bond acceptors (Lipinski definition) is 3. The Balaban J connectivity index is 4.70. The van der Waals surface area contributed by atoms with E-state index >= 15 is 0 Å². The van der Waals surface area contributed by atoms with Crippen LogP contribution in [0.5, 0.6) is 0 Å². The van der Waals surface area contributed by atoms with Crippen molar-refractivity contribution in [2.45, 2.75) is 13.8 Å². The van der Waals surface area contributed by atoms with E-state index in [-0.39, 0.29) is 0 Å². The molecule has 12 heavy (non-hydrogen) atoms. The highest BCUT2D eigenvalue weighted by Crippen LogP contribution is 2.28. The molecule has 3 heteroatoms. The quantitative estimate of drug-likeness (QED) is 0.473. The van der Waals surface area contributed by atoms with Gasteiger partial charge in [-0.15, -0.1) is 6.58 Å². The number of hydrogen-bond donors (Lipinski definition) is 0. The van der Waals surface area contributed by atoms with Gasteiger partial charge in [-0.1, -0.05) is 19.9 Å². The van der Waals surface area contributed by atoms with Gasteiger partial charge in [0.1, 0.15) is 0 Å². The summed E-state index contributed by atoms with van der Waals surface area (Å²) in [6, 6.07) is 1.90. The zero-order valence-corrected chi connectivity index (χ0v) is 7.63. The van der Waals surface area contributed by atoms with Crippen molar-refractivity contribution in [2.24, 2.45) is 11.3 Å². The Kier molecular flexibility index (Phi) is 3.49. The molecule has 3 nitrogen and oxygen atoms in total. The maximum atomic E-state index is 11.1. The van der Waals surface area contributed by atoms with Crippen molar-refractivity contribution in [3.05, 3.63) is 12.7 Å². The lowest BCUT2D eigenvalue weighted by atomic mass is 9.80. The number of carbonyl (C=O) groups excluding carboxylic acids is 1. The fraction of sp³-hybridized carbons (Fsp3) is 0.556. The van der Waals surface area contributed by atoms with E-state index in [2.05, 4.69) is 11.3 Å². The molecule has 0 fully saturated rings. The van der Waals surface area contributed by atoms with Gasteiger partial charge in [0.25, 0.3) is 0 Å². The smallest absolute Gasteiger partial charge is 0.323 e. The van der Waals surface area contributed by atoms with Gasteiger partial charge in [0.2, 0.25) is 0 Å². The third-order valence-electron chi connectivity index (χ3n) is 1.84. The molecule has 0 radical (unpaired) electrons. The van der Waals surface area contributed by atoms with Gasteiger partial charge in [-0.2, -0.15) is 5.26 Å². The summed E-state index contributed by atoms with van der Waals surface area (Å²) in [7, 11) is 1.27. The van der Waals surface area contributed by atoms with E-state index in [9.17, 15) is 4.79 Å². The molecule has 1 atom stereocenters. The molecule has 0 aliphatic heterocycles. The summed E-state index contributed by atoms with van der Waals surface area (Å²) in [5.41, 5.74) is -0.540. The lowest BCUT2D eigenvalue weighted by molar-refractivity contribution is -0.145. The molecule has 0 aromatic rings. The largest absolute Gasteiger partial charge is 0.468 e. The fourth-order valence-electron chi connectivity index (χ4n) is 0.759. The second-order valence-corrected chi connectivity index (χ2v) is 3.11. The molecule has 0 aliphatic rings. The number of ether oxygens (including phenoxy) is 1. The van der Waals surface area contributed by atoms with Crippen molar-refractivity contribution in [3.63, 3.8) is 0 Å². The van der Waals surface area contributed by atoms with E-state index in [4.69, 9.17) is 5.26 Å². The number of rotatable bonds is 3. The third-order valence-corrected chi connectivity index (χ3v) is 1.84. The lowest BCUT2D eigenvalue weighted by Crippen LogP contribution is -2.28. The maximum absolute atomic E-state index is 11.1. The first-order chi connectivity index (χ1) is 5.49. The van der Waals surface area contributed by atoms with Gasteiger partial charge in [-0.3, -0.25) is 4.79 Å². The molecule has 0 aromatic heterocycles. The first-order valence-electron chi connectivity index (χ1n) is 3.60. The van der Waals surface area contributed by atoms with Gasteiger partial charge in [0.15, 0.2) is 5.92 Å². The summed E-state index contributed by atoms with van der Waals surface area (Å²) in [6.45, 7) is 7.10. The Morgan fingerprint density at radius 2 is 2.25 bits per heavy atom. The zero-order valence-electron chi connectivity index (χ0n) is 7.63. The van der Waals surface area contributed by atoms with Crippen LogP contribution in [0.25, 0.3) is 0 Å². The number of carbonyl (C=O) groups is 1. The lowest BCUT2D eigenvalue weighted by Gasteiger charge is -2.23. The van der Waals surface area contributed by atoms with Crippen LogP contribution in [0, 0.1) is 22.7 Å². The topological polar surface area (TPSA) is 50.1 Å². The van der Waals surface area contributed by atoms with E-state index in [0.717, 1.165) is 0 Å². The normalized spacial score (nSPS) is 12.8. The number of methoxy groups -OCH3 is 1. The average molecular weight is 167 g/mol. The third kappa shape index (κ3) is 2.09. The molecule has 66 valence electrons. The predicted octanol–water partition coefficient (Wildman–Crippen LogP) is 1.51. The SMILES string of the molecule is C=CC(C)(C)C(C#N)C(=O)OC. The molecular formula is C9H13NO2. The second kappa shape index (κ2) is 3.91. The van der Waals surface area contributed by atoms with Crippen LogP contribution >= 0.6 is 0 Å². The van der Waals surface area contributed by atoms with Crippen molar-refractivity contribution in [1.29, 1.82) is 5.26 Å². The summed E-state index contributed by atoms with van der Waals surface area (Å²) in [4.78, 5) is 11.1. The van der Waals surface area contributed by atoms with Gasteiger partial charge in [0.05, 0.1) is 13.2 Å². The highest BCUT2D eigenvalue weighted by atomic mass is 16.5. The monoisotopic (exact) mass is 167 g/mol. The Morgan fingerprint density at radius 3 is 2.50 bits per heavy atom. The summed E-state index contributed by atoms with van der Waals surface area (Å²) >= 11 is 0. The Hall–Kier alpha value is -1.30. The summed E-state index contributed by atoms with van der Waals surface area (Å²) < 4.78 is 4.48. The van der Waals surface area contributed by atoms with E-state index in [1.807, 2.05) is 6.07 Å². The molecule has 0 aliphatic carbocycles. The van der Waals surface area contributed by atoms with Crippen LogP contribution in [0.15, 0.2) is 12.7 Å². The van der Waals surface area contributed by atoms with E-state index in [1.54, 1.807) is 19.9 Å². The van der Waals surface area contributed by atoms with Crippen molar-refractivity contribution in [2.75, 3.05) is 7.11 Å². The average Bonchev–Trinajstić information content (AvgIpc) is 2.05. The molecular weight excluding hydrogens is 154 g/mol. The van der Waals surface area contributed by atoms with Crippen LogP contribution < -0.4 is 0 Å². The number of nitrogens with zero attached hydrogens (tertiary/aromatic N) is 1. The van der Waals surface area contributed by atoms with Crippen molar-refractivity contribution >= 4 is 5.97 Å². The summed E-state index contributed by atoms with van der Waals surface area (Å²) in [6.07, 6.45) is 1.58. The highest BCUT2D eigenvalue weighted by molar-refractivity contribution is 5.76. The molecule has 0 N–H and O–H groups in total. The molecule has 0 rings (SSSR count). The number of esters is 1. The number of nitriles is 1. The van der Waals surface area contributed by atoms with Crippen molar-refractivity contribution < 1.29 is 9.53 Å². The first kappa shape index (κ1) is 10.7. The molecule has 0 bridgehead atoms. The second-order valence-electron chi connectivity index (χ2n) is 3.11. The highest BCUT2D eigenvalue weighted by Gasteiger charge is 2.33. The molecule has 0 aromatic carbocycles. The molecule has 0 amide bonds. The minimum absolute atomic E-state index is 0.512. The molecule has 0 heterocycles. The van der Waals surface area contributed by atoms with Crippen LogP contribution in [0.1, 0.15) is 13.8 Å². The molecule has 1 unspecified atom stereocenters. The van der Waals surface area contributed by atoms with Gasteiger partial charge in [-0.05, 0) is 0 Å². The van der Waals surface area contributed by atoms with Gasteiger partial charge >= 0.3 is 5.97 Å². The van der Waals surface area contributed by atoms with Crippen LogP contribution in [0.4, 0.5) is 0 Å². The molecule has 0 saturated heterocycles.